The number of carbonyl (C=O) groups excluding carboxylic acids is 2. The molecular formula is C12H15N3O3. The van der Waals surface area contributed by atoms with E-state index in [-0.39, 0.29) is 11.8 Å². The number of imide groups is 1. The maximum atomic E-state index is 11.9. The van der Waals surface area contributed by atoms with Crippen molar-refractivity contribution in [3.63, 3.8) is 0 Å². The van der Waals surface area contributed by atoms with E-state index in [2.05, 4.69) is 10.3 Å². The fraction of sp³-hybridized carbons (Fsp3) is 0.417. The maximum Gasteiger partial charge on any atom is 0.263 e. The van der Waals surface area contributed by atoms with E-state index in [4.69, 9.17) is 5.11 Å². The lowest BCUT2D eigenvalue weighted by Crippen LogP contribution is -2.37. The molecule has 1 aromatic heterocycles. The van der Waals surface area contributed by atoms with Gasteiger partial charge in [-0.3, -0.25) is 19.5 Å². The third kappa shape index (κ3) is 2.39. The predicted molar refractivity (Wildman–Crippen MR) is 64.2 cm³/mol. The van der Waals surface area contributed by atoms with Gasteiger partial charge in [0, 0.05) is 32.0 Å². The molecule has 0 bridgehead atoms. The molecule has 6 heteroatoms. The second kappa shape index (κ2) is 5.24. The van der Waals surface area contributed by atoms with E-state index >= 15 is 0 Å². The molecule has 0 aliphatic carbocycles. The highest BCUT2D eigenvalue weighted by atomic mass is 16.3. The molecule has 1 unspecified atom stereocenters. The number of hydrogen-bond donors (Lipinski definition) is 2. The van der Waals surface area contributed by atoms with Crippen LogP contribution in [0.3, 0.4) is 0 Å². The lowest BCUT2D eigenvalue weighted by atomic mass is 10.2. The van der Waals surface area contributed by atoms with Gasteiger partial charge < -0.3 is 10.4 Å². The summed E-state index contributed by atoms with van der Waals surface area (Å²) in [4.78, 5) is 28.9. The topological polar surface area (TPSA) is 82.5 Å². The summed E-state index contributed by atoms with van der Waals surface area (Å²) in [6.45, 7) is 2.86. The van der Waals surface area contributed by atoms with Crippen molar-refractivity contribution in [1.82, 2.24) is 15.2 Å². The van der Waals surface area contributed by atoms with Crippen LogP contribution in [0, 0.1) is 0 Å². The lowest BCUT2D eigenvalue weighted by molar-refractivity contribution is 0.0654. The first-order valence-electron chi connectivity index (χ1n) is 5.80. The number of rotatable bonds is 5. The molecule has 0 fully saturated rings. The van der Waals surface area contributed by atoms with Crippen LogP contribution >= 0.6 is 0 Å². The number of pyridine rings is 1. The first kappa shape index (κ1) is 12.7. The van der Waals surface area contributed by atoms with E-state index in [0.29, 0.717) is 30.8 Å². The number of aliphatic hydroxyl groups excluding tert-OH is 1. The molecule has 0 radical (unpaired) electrons. The quantitative estimate of drug-likeness (QED) is 0.550. The first-order chi connectivity index (χ1) is 8.61. The van der Waals surface area contributed by atoms with Crippen LogP contribution in [0.25, 0.3) is 0 Å². The number of nitrogens with one attached hydrogen (secondary N) is 1. The van der Waals surface area contributed by atoms with E-state index in [1.807, 2.05) is 0 Å². The van der Waals surface area contributed by atoms with Gasteiger partial charge in [-0.05, 0) is 13.0 Å². The predicted octanol–water partition coefficient (Wildman–Crippen LogP) is -0.352. The Morgan fingerprint density at radius 3 is 2.78 bits per heavy atom. The van der Waals surface area contributed by atoms with Gasteiger partial charge in [0.05, 0.1) is 17.2 Å². The zero-order valence-electron chi connectivity index (χ0n) is 10.1. The molecule has 6 nitrogen and oxygen atoms in total. The van der Waals surface area contributed by atoms with Crippen molar-refractivity contribution >= 4 is 11.8 Å². The second-order valence-corrected chi connectivity index (χ2v) is 4.24. The molecule has 0 spiro atoms. The molecule has 1 aromatic rings. The highest BCUT2D eigenvalue weighted by Crippen LogP contribution is 2.20. The first-order valence-corrected chi connectivity index (χ1v) is 5.80. The van der Waals surface area contributed by atoms with Crippen LogP contribution in [0.15, 0.2) is 18.5 Å². The van der Waals surface area contributed by atoms with Gasteiger partial charge in [-0.2, -0.15) is 0 Å². The summed E-state index contributed by atoms with van der Waals surface area (Å²) >= 11 is 0. The number of hydrogen-bond acceptors (Lipinski definition) is 5. The Labute approximate surface area is 105 Å². The number of amides is 2. The van der Waals surface area contributed by atoms with Crippen LogP contribution in [0.4, 0.5) is 0 Å². The van der Waals surface area contributed by atoms with E-state index in [1.54, 1.807) is 13.0 Å². The Morgan fingerprint density at radius 1 is 1.39 bits per heavy atom. The Morgan fingerprint density at radius 2 is 2.11 bits per heavy atom. The highest BCUT2D eigenvalue weighted by Gasteiger charge is 2.34. The van der Waals surface area contributed by atoms with Crippen LogP contribution in [0.2, 0.25) is 0 Å². The number of aliphatic hydroxyl groups is 1. The Hall–Kier alpha value is -1.79. The smallest absolute Gasteiger partial charge is 0.263 e. The summed E-state index contributed by atoms with van der Waals surface area (Å²) in [6.07, 6.45) is 2.47. The molecule has 1 aliphatic heterocycles. The van der Waals surface area contributed by atoms with E-state index in [1.165, 1.54) is 17.3 Å². The molecule has 2 rings (SSSR count). The minimum absolute atomic E-state index is 0.281. The molecule has 1 atom stereocenters. The van der Waals surface area contributed by atoms with Crippen LogP contribution in [0.5, 0.6) is 0 Å². The molecule has 96 valence electrons. The van der Waals surface area contributed by atoms with Gasteiger partial charge in [0.25, 0.3) is 11.8 Å². The third-order valence-electron chi connectivity index (χ3n) is 2.72. The highest BCUT2D eigenvalue weighted by molar-refractivity contribution is 6.21. The van der Waals surface area contributed by atoms with Gasteiger partial charge in [-0.1, -0.05) is 0 Å². The molecule has 2 amide bonds. The minimum atomic E-state index is -0.448. The number of nitrogens with zero attached hydrogens (tertiary/aromatic N) is 2. The van der Waals surface area contributed by atoms with Crippen LogP contribution in [-0.2, 0) is 0 Å². The zero-order valence-corrected chi connectivity index (χ0v) is 10.1. The Kier molecular flexibility index (Phi) is 3.69. The van der Waals surface area contributed by atoms with Gasteiger partial charge in [-0.25, -0.2) is 0 Å². The normalized spacial score (nSPS) is 16.0. The summed E-state index contributed by atoms with van der Waals surface area (Å²) < 4.78 is 0. The molecule has 2 heterocycles. The van der Waals surface area contributed by atoms with Crippen LogP contribution < -0.4 is 5.32 Å². The molecular weight excluding hydrogens is 234 g/mol. The van der Waals surface area contributed by atoms with Crippen molar-refractivity contribution in [3.8, 4) is 0 Å². The van der Waals surface area contributed by atoms with E-state index in [9.17, 15) is 9.59 Å². The Bertz CT molecular complexity index is 438. The summed E-state index contributed by atoms with van der Waals surface area (Å²) in [5.41, 5.74) is 0.767. The standard InChI is InChI=1S/C12H15N3O3/c1-8(16)6-14-4-5-15-11(17)9-2-3-13-7-10(9)12(15)18/h2-3,7-8,14,16H,4-6H2,1H3. The maximum absolute atomic E-state index is 11.9. The van der Waals surface area contributed by atoms with E-state index in [0.717, 1.165) is 0 Å². The molecule has 0 aromatic carbocycles. The average Bonchev–Trinajstić information content (AvgIpc) is 2.59. The molecule has 2 N–H and O–H groups in total. The Balaban J connectivity index is 1.97. The number of carbonyl (C=O) groups is 2. The molecule has 1 aliphatic rings. The summed E-state index contributed by atoms with van der Waals surface area (Å²) in [5.74, 6) is -0.585. The lowest BCUT2D eigenvalue weighted by Gasteiger charge is -2.14. The van der Waals surface area contributed by atoms with Crippen molar-refractivity contribution in [2.45, 2.75) is 13.0 Å². The van der Waals surface area contributed by atoms with Crippen molar-refractivity contribution in [3.05, 3.63) is 29.6 Å². The van der Waals surface area contributed by atoms with Crippen molar-refractivity contribution in [1.29, 1.82) is 0 Å². The zero-order chi connectivity index (χ0) is 13.1. The third-order valence-corrected chi connectivity index (χ3v) is 2.72. The SMILES string of the molecule is CC(O)CNCCN1C(=O)c2ccncc2C1=O. The van der Waals surface area contributed by atoms with Gasteiger partial charge >= 0.3 is 0 Å². The summed E-state index contributed by atoms with van der Waals surface area (Å²) in [5, 5.41) is 12.0. The van der Waals surface area contributed by atoms with Crippen LogP contribution in [-0.4, -0.2) is 52.5 Å². The molecule has 0 saturated heterocycles. The summed E-state index contributed by atoms with van der Waals surface area (Å²) in [7, 11) is 0. The molecule has 18 heavy (non-hydrogen) atoms. The number of fused-ring (bicyclic) bond motifs is 1. The van der Waals surface area contributed by atoms with Crippen molar-refractivity contribution < 1.29 is 14.7 Å². The second-order valence-electron chi connectivity index (χ2n) is 4.24. The summed E-state index contributed by atoms with van der Waals surface area (Å²) in [6, 6.07) is 1.55. The largest absolute Gasteiger partial charge is 0.392 e. The van der Waals surface area contributed by atoms with Gasteiger partial charge in [0.1, 0.15) is 0 Å². The minimum Gasteiger partial charge on any atom is -0.392 e. The number of aromatic nitrogens is 1. The fourth-order valence-corrected chi connectivity index (χ4v) is 1.84. The van der Waals surface area contributed by atoms with Gasteiger partial charge in [-0.15, -0.1) is 0 Å². The van der Waals surface area contributed by atoms with Gasteiger partial charge in [0.2, 0.25) is 0 Å². The van der Waals surface area contributed by atoms with Crippen molar-refractivity contribution in [2.24, 2.45) is 0 Å². The average molecular weight is 249 g/mol. The van der Waals surface area contributed by atoms with Crippen LogP contribution in [0.1, 0.15) is 27.6 Å². The fourth-order valence-electron chi connectivity index (χ4n) is 1.84. The van der Waals surface area contributed by atoms with E-state index < -0.39 is 6.10 Å². The monoisotopic (exact) mass is 249 g/mol. The van der Waals surface area contributed by atoms with Gasteiger partial charge in [0.15, 0.2) is 0 Å². The van der Waals surface area contributed by atoms with Crippen molar-refractivity contribution in [2.75, 3.05) is 19.6 Å². The molecule has 0 saturated carbocycles.